The number of piperidine rings is 1. The molecule has 1 saturated heterocycles. The van der Waals surface area contributed by atoms with E-state index in [-0.39, 0.29) is 17.4 Å². The number of aromatic nitrogens is 2. The first kappa shape index (κ1) is 15.6. The average Bonchev–Trinajstić information content (AvgIpc) is 3.39. The summed E-state index contributed by atoms with van der Waals surface area (Å²) in [5.41, 5.74) is 2.39. The van der Waals surface area contributed by atoms with Crippen LogP contribution in [0, 0.1) is 11.8 Å². The van der Waals surface area contributed by atoms with Gasteiger partial charge in [-0.15, -0.1) is 0 Å². The van der Waals surface area contributed by atoms with Crippen LogP contribution in [0.5, 0.6) is 0 Å². The third-order valence-corrected chi connectivity index (χ3v) is 5.65. The fraction of sp³-hybridized carbons (Fsp3) is 0.579. The van der Waals surface area contributed by atoms with Gasteiger partial charge in [0.15, 0.2) is 5.78 Å². The van der Waals surface area contributed by atoms with Crippen molar-refractivity contribution in [2.45, 2.75) is 25.7 Å². The van der Waals surface area contributed by atoms with Gasteiger partial charge in [-0.1, -0.05) is 0 Å². The minimum Gasteiger partial charge on any atom is -0.302 e. The van der Waals surface area contributed by atoms with Gasteiger partial charge >= 0.3 is 5.69 Å². The minimum absolute atomic E-state index is 0.0529. The molecule has 2 fully saturated rings. The topological polar surface area (TPSA) is 47.2 Å². The van der Waals surface area contributed by atoms with E-state index in [1.807, 2.05) is 18.2 Å². The van der Waals surface area contributed by atoms with Crippen molar-refractivity contribution in [2.75, 3.05) is 19.6 Å². The molecule has 5 nitrogen and oxygen atoms in total. The van der Waals surface area contributed by atoms with Gasteiger partial charge in [-0.2, -0.15) is 0 Å². The molecular weight excluding hydrogens is 302 g/mol. The quantitative estimate of drug-likeness (QED) is 0.809. The lowest BCUT2D eigenvalue weighted by Crippen LogP contribution is -2.39. The van der Waals surface area contributed by atoms with Gasteiger partial charge in [0.2, 0.25) is 0 Å². The van der Waals surface area contributed by atoms with Gasteiger partial charge in [-0.05, 0) is 56.3 Å². The molecule has 1 aromatic carbocycles. The van der Waals surface area contributed by atoms with E-state index in [4.69, 9.17) is 0 Å². The second-order valence-electron chi connectivity index (χ2n) is 7.51. The number of ketones is 1. The van der Waals surface area contributed by atoms with Crippen molar-refractivity contribution in [3.63, 3.8) is 0 Å². The van der Waals surface area contributed by atoms with Gasteiger partial charge in [-0.3, -0.25) is 13.9 Å². The Kier molecular flexibility index (Phi) is 3.83. The summed E-state index contributed by atoms with van der Waals surface area (Å²) < 4.78 is 3.24. The van der Waals surface area contributed by atoms with E-state index in [9.17, 15) is 9.59 Å². The highest BCUT2D eigenvalue weighted by atomic mass is 16.1. The number of hydrogen-bond donors (Lipinski definition) is 0. The number of rotatable bonds is 4. The van der Waals surface area contributed by atoms with E-state index >= 15 is 0 Å². The average molecular weight is 327 g/mol. The Morgan fingerprint density at radius 1 is 1.12 bits per heavy atom. The molecule has 1 atom stereocenters. The van der Waals surface area contributed by atoms with E-state index in [1.54, 1.807) is 23.2 Å². The maximum Gasteiger partial charge on any atom is 0.328 e. The minimum atomic E-state index is -0.0529. The van der Waals surface area contributed by atoms with E-state index in [2.05, 4.69) is 4.90 Å². The van der Waals surface area contributed by atoms with Crippen LogP contribution < -0.4 is 5.69 Å². The second kappa shape index (κ2) is 5.88. The van der Waals surface area contributed by atoms with Crippen molar-refractivity contribution in [2.24, 2.45) is 25.9 Å². The van der Waals surface area contributed by atoms with Gasteiger partial charge in [-0.25, -0.2) is 4.79 Å². The van der Waals surface area contributed by atoms with Crippen LogP contribution in [0.3, 0.4) is 0 Å². The Labute approximate surface area is 141 Å². The van der Waals surface area contributed by atoms with Crippen LogP contribution in [0.4, 0.5) is 0 Å². The molecule has 0 spiro atoms. The third-order valence-electron chi connectivity index (χ3n) is 5.65. The van der Waals surface area contributed by atoms with Crippen LogP contribution in [-0.2, 0) is 14.1 Å². The number of aryl methyl sites for hydroxylation is 2. The van der Waals surface area contributed by atoms with Crippen LogP contribution in [0.2, 0.25) is 0 Å². The molecule has 5 heteroatoms. The lowest BCUT2D eigenvalue weighted by Gasteiger charge is -2.32. The van der Waals surface area contributed by atoms with Crippen LogP contribution in [0.1, 0.15) is 36.0 Å². The predicted octanol–water partition coefficient (Wildman–Crippen LogP) is 2.18. The highest BCUT2D eigenvalue weighted by molar-refractivity contribution is 6.00. The zero-order valence-electron chi connectivity index (χ0n) is 14.5. The number of nitrogens with zero attached hydrogens (tertiary/aromatic N) is 3. The molecule has 1 aliphatic heterocycles. The first-order chi connectivity index (χ1) is 11.5. The molecule has 0 N–H and O–H groups in total. The summed E-state index contributed by atoms with van der Waals surface area (Å²) >= 11 is 0. The molecule has 2 aliphatic rings. The molecule has 2 aromatic rings. The Morgan fingerprint density at radius 2 is 1.88 bits per heavy atom. The van der Waals surface area contributed by atoms with Crippen LogP contribution >= 0.6 is 0 Å². The zero-order valence-corrected chi connectivity index (χ0v) is 14.5. The summed E-state index contributed by atoms with van der Waals surface area (Å²) in [6.45, 7) is 3.18. The zero-order chi connectivity index (χ0) is 16.8. The molecule has 0 amide bonds. The maximum atomic E-state index is 13.0. The largest absolute Gasteiger partial charge is 0.328 e. The Morgan fingerprint density at radius 3 is 2.62 bits per heavy atom. The molecule has 1 aromatic heterocycles. The Balaban J connectivity index is 1.58. The third kappa shape index (κ3) is 2.71. The number of carbonyl (C=O) groups excluding carboxylic acids is 1. The summed E-state index contributed by atoms with van der Waals surface area (Å²) in [5, 5.41) is 0. The SMILES string of the molecule is Cn1c(=O)n(C)c2cc(C(=O)C3CCCN(CC4CC4)C3)ccc21. The number of hydrogen-bond acceptors (Lipinski definition) is 3. The standard InChI is InChI=1S/C19H25N3O2/c1-20-16-8-7-14(10-17(16)21(2)19(20)24)18(23)15-4-3-9-22(12-15)11-13-5-6-13/h7-8,10,13,15H,3-6,9,11-12H2,1-2H3. The lowest BCUT2D eigenvalue weighted by atomic mass is 9.89. The highest BCUT2D eigenvalue weighted by Crippen LogP contribution is 2.31. The normalized spacial score (nSPS) is 22.2. The van der Waals surface area contributed by atoms with Gasteiger partial charge < -0.3 is 4.90 Å². The molecule has 4 rings (SSSR count). The molecule has 0 bridgehead atoms. The van der Waals surface area contributed by atoms with E-state index in [0.717, 1.165) is 55.0 Å². The predicted molar refractivity (Wildman–Crippen MR) is 94.4 cm³/mol. The highest BCUT2D eigenvalue weighted by Gasteiger charge is 2.30. The smallest absolute Gasteiger partial charge is 0.302 e. The van der Waals surface area contributed by atoms with Gasteiger partial charge in [0.1, 0.15) is 0 Å². The van der Waals surface area contributed by atoms with Gasteiger partial charge in [0.05, 0.1) is 11.0 Å². The van der Waals surface area contributed by atoms with E-state index in [1.165, 1.54) is 12.8 Å². The number of carbonyl (C=O) groups is 1. The van der Waals surface area contributed by atoms with Crippen molar-refractivity contribution in [1.29, 1.82) is 0 Å². The molecule has 1 saturated carbocycles. The molecule has 24 heavy (non-hydrogen) atoms. The first-order valence-electron chi connectivity index (χ1n) is 8.96. The van der Waals surface area contributed by atoms with E-state index in [0.29, 0.717) is 0 Å². The van der Waals surface area contributed by atoms with E-state index < -0.39 is 0 Å². The van der Waals surface area contributed by atoms with Crippen molar-refractivity contribution in [3.05, 3.63) is 34.2 Å². The number of likely N-dealkylation sites (tertiary alicyclic amines) is 1. The number of imidazole rings is 1. The molecule has 1 aliphatic carbocycles. The first-order valence-corrected chi connectivity index (χ1v) is 8.96. The van der Waals surface area contributed by atoms with Crippen LogP contribution in [0.15, 0.2) is 23.0 Å². The van der Waals surface area contributed by atoms with Crippen LogP contribution in [0.25, 0.3) is 11.0 Å². The number of fused-ring (bicyclic) bond motifs is 1. The second-order valence-corrected chi connectivity index (χ2v) is 7.51. The summed E-state index contributed by atoms with van der Waals surface area (Å²) in [5.74, 6) is 1.19. The summed E-state index contributed by atoms with van der Waals surface area (Å²) in [6, 6.07) is 5.66. The lowest BCUT2D eigenvalue weighted by molar-refractivity contribution is 0.0815. The van der Waals surface area contributed by atoms with Gasteiger partial charge in [0.25, 0.3) is 0 Å². The molecule has 0 radical (unpaired) electrons. The monoisotopic (exact) mass is 327 g/mol. The van der Waals surface area contributed by atoms with Crippen molar-refractivity contribution in [3.8, 4) is 0 Å². The van der Waals surface area contributed by atoms with Crippen molar-refractivity contribution in [1.82, 2.24) is 14.0 Å². The number of benzene rings is 1. The maximum absolute atomic E-state index is 13.0. The Bertz CT molecular complexity index is 844. The summed E-state index contributed by atoms with van der Waals surface area (Å²) in [7, 11) is 3.53. The molecule has 1 unspecified atom stereocenters. The van der Waals surface area contributed by atoms with Crippen molar-refractivity contribution >= 4 is 16.8 Å². The van der Waals surface area contributed by atoms with Crippen LogP contribution in [-0.4, -0.2) is 39.5 Å². The summed E-state index contributed by atoms with van der Waals surface area (Å²) in [6.07, 6.45) is 4.79. The van der Waals surface area contributed by atoms with Gasteiger partial charge in [0, 0.05) is 38.7 Å². The Hall–Kier alpha value is -1.88. The molecule has 2 heterocycles. The fourth-order valence-corrected chi connectivity index (χ4v) is 4.00. The molecule has 128 valence electrons. The fourth-order valence-electron chi connectivity index (χ4n) is 4.00. The van der Waals surface area contributed by atoms with Crippen molar-refractivity contribution < 1.29 is 4.79 Å². The summed E-state index contributed by atoms with van der Waals surface area (Å²) in [4.78, 5) is 27.5. The number of Topliss-reactive ketones (excluding diaryl/α,β-unsaturated/α-hetero) is 1. The molecular formula is C19H25N3O2.